The SMILES string of the molecule is O=C1N[C@H](Cc2c[nH]c3ccccc23)C(=O)N1CC(=O)N(C[C@H]1CCCO1)[C@H]1CCS(=O)(=O)C1. The van der Waals surface area contributed by atoms with Crippen LogP contribution in [0.4, 0.5) is 4.79 Å². The Labute approximate surface area is 197 Å². The number of benzene rings is 1. The Kier molecular flexibility index (Phi) is 6.07. The summed E-state index contributed by atoms with van der Waals surface area (Å²) in [6.07, 6.45) is 3.99. The van der Waals surface area contributed by atoms with Gasteiger partial charge in [-0.1, -0.05) is 18.2 Å². The third-order valence-electron chi connectivity index (χ3n) is 6.89. The number of carbonyl (C=O) groups is 3. The lowest BCUT2D eigenvalue weighted by Crippen LogP contribution is -2.50. The minimum atomic E-state index is -3.21. The summed E-state index contributed by atoms with van der Waals surface area (Å²) in [5.74, 6) is -0.967. The van der Waals surface area contributed by atoms with E-state index < -0.39 is 46.3 Å². The summed E-state index contributed by atoms with van der Waals surface area (Å²) in [5.41, 5.74) is 1.84. The van der Waals surface area contributed by atoms with Crippen LogP contribution in [0.15, 0.2) is 30.5 Å². The van der Waals surface area contributed by atoms with Crippen LogP contribution >= 0.6 is 0 Å². The average molecular weight is 489 g/mol. The third-order valence-corrected chi connectivity index (χ3v) is 8.64. The molecule has 1 aromatic carbocycles. The van der Waals surface area contributed by atoms with E-state index in [2.05, 4.69) is 10.3 Å². The van der Waals surface area contributed by atoms with E-state index >= 15 is 0 Å². The van der Waals surface area contributed by atoms with E-state index in [0.29, 0.717) is 19.4 Å². The minimum absolute atomic E-state index is 0.0306. The molecule has 34 heavy (non-hydrogen) atoms. The summed E-state index contributed by atoms with van der Waals surface area (Å²) in [5, 5.41) is 3.67. The number of nitrogens with one attached hydrogen (secondary N) is 2. The van der Waals surface area contributed by atoms with Crippen LogP contribution in [0.25, 0.3) is 10.9 Å². The number of amides is 4. The minimum Gasteiger partial charge on any atom is -0.376 e. The van der Waals surface area contributed by atoms with Gasteiger partial charge >= 0.3 is 6.03 Å². The van der Waals surface area contributed by atoms with Crippen molar-refractivity contribution in [2.24, 2.45) is 0 Å². The van der Waals surface area contributed by atoms with Crippen LogP contribution in [0.2, 0.25) is 0 Å². The van der Waals surface area contributed by atoms with Gasteiger partial charge in [-0.15, -0.1) is 0 Å². The summed E-state index contributed by atoms with van der Waals surface area (Å²) in [4.78, 5) is 44.5. The van der Waals surface area contributed by atoms with E-state index in [1.165, 1.54) is 4.90 Å². The van der Waals surface area contributed by atoms with Gasteiger partial charge in [-0.25, -0.2) is 13.2 Å². The number of aromatic nitrogens is 1. The molecule has 0 aliphatic carbocycles. The van der Waals surface area contributed by atoms with E-state index in [1.807, 2.05) is 30.5 Å². The molecule has 0 saturated carbocycles. The standard InChI is InChI=1S/C23H28N4O6S/c28-21(26(12-17-4-3-8-33-17)16-7-9-34(31,32)14-16)13-27-22(29)20(25-23(27)30)10-15-11-24-19-6-2-1-5-18(15)19/h1-2,5-6,11,16-17,20,24H,3-4,7-10,12-14H2,(H,25,30)/t16-,17+,20+/m0/s1. The average Bonchev–Trinajstić information content (AvgIpc) is 3.58. The fraction of sp³-hybridized carbons (Fsp3) is 0.522. The third kappa shape index (κ3) is 4.54. The molecule has 2 aromatic rings. The predicted octanol–water partition coefficient (Wildman–Crippen LogP) is 0.826. The molecule has 1 aromatic heterocycles. The maximum Gasteiger partial charge on any atom is 0.325 e. The maximum atomic E-state index is 13.3. The molecule has 3 atom stereocenters. The second-order valence-corrected chi connectivity index (χ2v) is 11.5. The highest BCUT2D eigenvalue weighted by Gasteiger charge is 2.42. The van der Waals surface area contributed by atoms with Crippen LogP contribution in [0, 0.1) is 0 Å². The van der Waals surface area contributed by atoms with E-state index in [1.54, 1.807) is 0 Å². The summed E-state index contributed by atoms with van der Waals surface area (Å²) in [6, 6.07) is 5.86. The maximum absolute atomic E-state index is 13.3. The van der Waals surface area contributed by atoms with Crippen molar-refractivity contribution < 1.29 is 27.5 Å². The molecular formula is C23H28N4O6S. The number of rotatable bonds is 7. The lowest BCUT2D eigenvalue weighted by Gasteiger charge is -2.31. The first-order chi connectivity index (χ1) is 16.3. The first kappa shape index (κ1) is 22.9. The Hall–Kier alpha value is -2.92. The number of para-hydroxylation sites is 1. The van der Waals surface area contributed by atoms with Crippen molar-refractivity contribution in [3.63, 3.8) is 0 Å². The molecule has 2 N–H and O–H groups in total. The van der Waals surface area contributed by atoms with Crippen molar-refractivity contribution in [1.29, 1.82) is 0 Å². The molecule has 182 valence electrons. The van der Waals surface area contributed by atoms with Crippen LogP contribution in [-0.4, -0.2) is 90.4 Å². The fourth-order valence-corrected chi connectivity index (χ4v) is 6.83. The van der Waals surface area contributed by atoms with Crippen LogP contribution in [-0.2, 0) is 30.6 Å². The smallest absolute Gasteiger partial charge is 0.325 e. The highest BCUT2D eigenvalue weighted by molar-refractivity contribution is 7.91. The van der Waals surface area contributed by atoms with Crippen molar-refractivity contribution in [3.05, 3.63) is 36.0 Å². The molecule has 4 heterocycles. The molecule has 0 spiro atoms. The van der Waals surface area contributed by atoms with Gasteiger partial charge in [0.25, 0.3) is 5.91 Å². The number of fused-ring (bicyclic) bond motifs is 1. The fourth-order valence-electron chi connectivity index (χ4n) is 5.09. The van der Waals surface area contributed by atoms with Gasteiger partial charge in [0, 0.05) is 42.7 Å². The summed E-state index contributed by atoms with van der Waals surface area (Å²) >= 11 is 0. The number of aromatic amines is 1. The van der Waals surface area contributed by atoms with Crippen molar-refractivity contribution >= 4 is 38.6 Å². The number of hydrogen-bond acceptors (Lipinski definition) is 6. The quantitative estimate of drug-likeness (QED) is 0.556. The number of hydrogen-bond donors (Lipinski definition) is 2. The largest absolute Gasteiger partial charge is 0.376 e. The molecule has 10 nitrogen and oxygen atoms in total. The van der Waals surface area contributed by atoms with E-state index in [-0.39, 0.29) is 24.2 Å². The number of sulfone groups is 1. The van der Waals surface area contributed by atoms with Gasteiger partial charge in [0.15, 0.2) is 9.84 Å². The zero-order valence-electron chi connectivity index (χ0n) is 18.7. The number of nitrogens with zero attached hydrogens (tertiary/aromatic N) is 2. The molecule has 3 fully saturated rings. The van der Waals surface area contributed by atoms with E-state index in [4.69, 9.17) is 4.74 Å². The van der Waals surface area contributed by atoms with Gasteiger partial charge in [-0.3, -0.25) is 14.5 Å². The van der Waals surface area contributed by atoms with E-state index in [0.717, 1.165) is 34.2 Å². The van der Waals surface area contributed by atoms with Crippen LogP contribution < -0.4 is 5.32 Å². The van der Waals surface area contributed by atoms with Gasteiger partial charge in [-0.2, -0.15) is 0 Å². The molecule has 4 amide bonds. The summed E-state index contributed by atoms with van der Waals surface area (Å²) in [7, 11) is -3.21. The first-order valence-corrected chi connectivity index (χ1v) is 13.4. The Bertz CT molecular complexity index is 1220. The first-order valence-electron chi connectivity index (χ1n) is 11.6. The second kappa shape index (κ2) is 9.03. The summed E-state index contributed by atoms with van der Waals surface area (Å²) in [6.45, 7) is 0.456. The lowest BCUT2D eigenvalue weighted by molar-refractivity contribution is -0.139. The Morgan fingerprint density at radius 3 is 2.76 bits per heavy atom. The second-order valence-electron chi connectivity index (χ2n) is 9.23. The number of urea groups is 1. The lowest BCUT2D eigenvalue weighted by atomic mass is 10.1. The molecule has 3 saturated heterocycles. The molecular weight excluding hydrogens is 460 g/mol. The molecule has 3 aliphatic rings. The van der Waals surface area contributed by atoms with Crippen molar-refractivity contribution in [3.8, 4) is 0 Å². The van der Waals surface area contributed by atoms with Crippen molar-refractivity contribution in [2.75, 3.05) is 31.2 Å². The molecule has 0 bridgehead atoms. The van der Waals surface area contributed by atoms with E-state index in [9.17, 15) is 22.8 Å². The molecule has 0 unspecified atom stereocenters. The zero-order valence-corrected chi connectivity index (χ0v) is 19.6. The molecule has 0 radical (unpaired) electrons. The van der Waals surface area contributed by atoms with Gasteiger partial charge in [-0.05, 0) is 30.9 Å². The highest BCUT2D eigenvalue weighted by atomic mass is 32.2. The number of carbonyl (C=O) groups excluding carboxylic acids is 3. The zero-order chi connectivity index (χ0) is 23.9. The van der Waals surface area contributed by atoms with Gasteiger partial charge in [0.1, 0.15) is 12.6 Å². The monoisotopic (exact) mass is 488 g/mol. The predicted molar refractivity (Wildman–Crippen MR) is 124 cm³/mol. The number of H-pyrrole nitrogens is 1. The van der Waals surface area contributed by atoms with Crippen LogP contribution in [0.5, 0.6) is 0 Å². The number of ether oxygens (including phenoxy) is 1. The Balaban J connectivity index is 1.29. The van der Waals surface area contributed by atoms with Crippen molar-refractivity contribution in [2.45, 2.75) is 43.9 Å². The molecule has 3 aliphatic heterocycles. The topological polar surface area (TPSA) is 129 Å². The highest BCUT2D eigenvalue weighted by Crippen LogP contribution is 2.24. The van der Waals surface area contributed by atoms with Crippen LogP contribution in [0.1, 0.15) is 24.8 Å². The van der Waals surface area contributed by atoms with Crippen molar-refractivity contribution in [1.82, 2.24) is 20.1 Å². The van der Waals surface area contributed by atoms with Gasteiger partial charge in [0.2, 0.25) is 5.91 Å². The Morgan fingerprint density at radius 2 is 2.03 bits per heavy atom. The van der Waals surface area contributed by atoms with Gasteiger partial charge in [0.05, 0.1) is 17.6 Å². The van der Waals surface area contributed by atoms with Crippen LogP contribution in [0.3, 0.4) is 0 Å². The molecule has 5 rings (SSSR count). The molecule has 11 heteroatoms. The number of imide groups is 1. The Morgan fingerprint density at radius 1 is 1.21 bits per heavy atom. The summed E-state index contributed by atoms with van der Waals surface area (Å²) < 4.78 is 29.7. The van der Waals surface area contributed by atoms with Gasteiger partial charge < -0.3 is 19.9 Å². The normalized spacial score (nSPS) is 26.4.